The highest BCUT2D eigenvalue weighted by Crippen LogP contribution is 2.19. The van der Waals surface area contributed by atoms with Crippen molar-refractivity contribution in [3.8, 4) is 0 Å². The van der Waals surface area contributed by atoms with Gasteiger partial charge in [-0.3, -0.25) is 9.69 Å². The van der Waals surface area contributed by atoms with Crippen LogP contribution in [0.1, 0.15) is 66.7 Å². The molecular formula is C24H32N2O. The number of nitrogens with one attached hydrogen (secondary N) is 1. The van der Waals surface area contributed by atoms with Gasteiger partial charge in [-0.25, -0.2) is 0 Å². The third-order valence-electron chi connectivity index (χ3n) is 5.60. The molecule has 2 aromatic carbocycles. The summed E-state index contributed by atoms with van der Waals surface area (Å²) in [5.41, 5.74) is 4.46. The molecule has 3 nitrogen and oxygen atoms in total. The minimum atomic E-state index is -0.0137. The SMILES string of the molecule is CCc1ccc(C(C)NC(=O)c2ccc(CN3CCCC(C)C3)cc2)cc1. The molecule has 1 fully saturated rings. The molecular weight excluding hydrogens is 332 g/mol. The van der Waals surface area contributed by atoms with Crippen molar-refractivity contribution in [2.24, 2.45) is 5.92 Å². The van der Waals surface area contributed by atoms with Crippen LogP contribution < -0.4 is 5.32 Å². The molecule has 0 saturated carbocycles. The summed E-state index contributed by atoms with van der Waals surface area (Å²) in [5, 5.41) is 3.11. The van der Waals surface area contributed by atoms with Crippen molar-refractivity contribution < 1.29 is 4.79 Å². The van der Waals surface area contributed by atoms with Gasteiger partial charge < -0.3 is 5.32 Å². The van der Waals surface area contributed by atoms with Gasteiger partial charge in [0.25, 0.3) is 5.91 Å². The van der Waals surface area contributed by atoms with E-state index in [2.05, 4.69) is 60.5 Å². The predicted octanol–water partition coefficient (Wildman–Crippen LogP) is 4.97. The van der Waals surface area contributed by atoms with E-state index in [-0.39, 0.29) is 11.9 Å². The molecule has 3 rings (SSSR count). The zero-order valence-corrected chi connectivity index (χ0v) is 16.9. The average Bonchev–Trinajstić information content (AvgIpc) is 2.68. The summed E-state index contributed by atoms with van der Waals surface area (Å²) in [6, 6.07) is 16.6. The maximum Gasteiger partial charge on any atom is 0.251 e. The lowest BCUT2D eigenvalue weighted by molar-refractivity contribution is 0.0940. The van der Waals surface area contributed by atoms with Crippen LogP contribution in [-0.2, 0) is 13.0 Å². The van der Waals surface area contributed by atoms with Gasteiger partial charge >= 0.3 is 0 Å². The molecule has 1 heterocycles. The van der Waals surface area contributed by atoms with E-state index in [0.717, 1.165) is 30.0 Å². The second kappa shape index (κ2) is 9.18. The van der Waals surface area contributed by atoms with E-state index < -0.39 is 0 Å². The van der Waals surface area contributed by atoms with Crippen LogP contribution in [0.2, 0.25) is 0 Å². The van der Waals surface area contributed by atoms with Gasteiger partial charge in [0.15, 0.2) is 0 Å². The Kier molecular flexibility index (Phi) is 6.68. The van der Waals surface area contributed by atoms with Crippen LogP contribution in [-0.4, -0.2) is 23.9 Å². The van der Waals surface area contributed by atoms with Crippen LogP contribution in [0.5, 0.6) is 0 Å². The molecule has 0 spiro atoms. The normalized spacial score (nSPS) is 18.9. The van der Waals surface area contributed by atoms with Gasteiger partial charge in [-0.2, -0.15) is 0 Å². The maximum atomic E-state index is 12.6. The maximum absolute atomic E-state index is 12.6. The summed E-state index contributed by atoms with van der Waals surface area (Å²) in [7, 11) is 0. The Morgan fingerprint density at radius 2 is 1.78 bits per heavy atom. The van der Waals surface area contributed by atoms with Gasteiger partial charge in [-0.05, 0) is 67.5 Å². The van der Waals surface area contributed by atoms with Crippen LogP contribution in [0.4, 0.5) is 0 Å². The molecule has 1 N–H and O–H groups in total. The number of rotatable bonds is 6. The Morgan fingerprint density at radius 3 is 2.41 bits per heavy atom. The van der Waals surface area contributed by atoms with Gasteiger partial charge in [-0.15, -0.1) is 0 Å². The number of piperidine rings is 1. The number of hydrogen-bond donors (Lipinski definition) is 1. The number of carbonyl (C=O) groups excluding carboxylic acids is 1. The molecule has 2 atom stereocenters. The Bertz CT molecular complexity index is 736. The minimum Gasteiger partial charge on any atom is -0.346 e. The van der Waals surface area contributed by atoms with Crippen molar-refractivity contribution in [1.29, 1.82) is 0 Å². The summed E-state index contributed by atoms with van der Waals surface area (Å²) < 4.78 is 0. The van der Waals surface area contributed by atoms with Gasteiger partial charge in [-0.1, -0.05) is 50.2 Å². The highest BCUT2D eigenvalue weighted by molar-refractivity contribution is 5.94. The van der Waals surface area contributed by atoms with Crippen LogP contribution in [0.15, 0.2) is 48.5 Å². The third-order valence-corrected chi connectivity index (χ3v) is 5.60. The number of amides is 1. The van der Waals surface area contributed by atoms with Crippen LogP contribution in [0.3, 0.4) is 0 Å². The standard InChI is InChI=1S/C24H32N2O/c1-4-20-7-11-22(12-8-20)19(3)25-24(27)23-13-9-21(10-14-23)17-26-15-5-6-18(2)16-26/h7-14,18-19H,4-6,15-17H2,1-3H3,(H,25,27). The van der Waals surface area contributed by atoms with Crippen molar-refractivity contribution >= 4 is 5.91 Å². The Morgan fingerprint density at radius 1 is 1.11 bits per heavy atom. The fourth-order valence-corrected chi connectivity index (χ4v) is 3.86. The van der Waals surface area contributed by atoms with Crippen molar-refractivity contribution in [3.05, 3.63) is 70.8 Å². The lowest BCUT2D eigenvalue weighted by atomic mass is 9.99. The summed E-state index contributed by atoms with van der Waals surface area (Å²) in [6.45, 7) is 9.85. The molecule has 2 aromatic rings. The zero-order valence-electron chi connectivity index (χ0n) is 16.9. The molecule has 0 bridgehead atoms. The lowest BCUT2D eigenvalue weighted by Gasteiger charge is -2.30. The van der Waals surface area contributed by atoms with Crippen LogP contribution in [0.25, 0.3) is 0 Å². The predicted molar refractivity (Wildman–Crippen MR) is 112 cm³/mol. The monoisotopic (exact) mass is 364 g/mol. The smallest absolute Gasteiger partial charge is 0.251 e. The quantitative estimate of drug-likeness (QED) is 0.785. The number of hydrogen-bond acceptors (Lipinski definition) is 2. The second-order valence-corrected chi connectivity index (χ2v) is 7.97. The number of carbonyl (C=O) groups is 1. The highest BCUT2D eigenvalue weighted by atomic mass is 16.1. The van der Waals surface area contributed by atoms with E-state index >= 15 is 0 Å². The third kappa shape index (κ3) is 5.43. The van der Waals surface area contributed by atoms with E-state index in [1.807, 2.05) is 19.1 Å². The first-order valence-electron chi connectivity index (χ1n) is 10.3. The fraction of sp³-hybridized carbons (Fsp3) is 0.458. The molecule has 1 amide bonds. The summed E-state index contributed by atoms with van der Waals surface area (Å²) >= 11 is 0. The largest absolute Gasteiger partial charge is 0.346 e. The van der Waals surface area contributed by atoms with E-state index in [0.29, 0.717) is 0 Å². The van der Waals surface area contributed by atoms with E-state index in [1.54, 1.807) is 0 Å². The Balaban J connectivity index is 1.56. The van der Waals surface area contributed by atoms with Gasteiger partial charge in [0, 0.05) is 18.7 Å². The summed E-state index contributed by atoms with van der Waals surface area (Å²) in [6.07, 6.45) is 3.66. The molecule has 1 saturated heterocycles. The van der Waals surface area contributed by atoms with Crippen molar-refractivity contribution in [1.82, 2.24) is 10.2 Å². The molecule has 144 valence electrons. The molecule has 3 heteroatoms. The van der Waals surface area contributed by atoms with Crippen molar-refractivity contribution in [2.45, 2.75) is 52.6 Å². The van der Waals surface area contributed by atoms with Crippen molar-refractivity contribution in [3.63, 3.8) is 0 Å². The molecule has 1 aliphatic heterocycles. The fourth-order valence-electron chi connectivity index (χ4n) is 3.86. The molecule has 2 unspecified atom stereocenters. The first-order chi connectivity index (χ1) is 13.0. The van der Waals surface area contributed by atoms with Gasteiger partial charge in [0.05, 0.1) is 6.04 Å². The first kappa shape index (κ1) is 19.6. The molecule has 1 aliphatic rings. The van der Waals surface area contributed by atoms with Crippen molar-refractivity contribution in [2.75, 3.05) is 13.1 Å². The Hall–Kier alpha value is -2.13. The lowest BCUT2D eigenvalue weighted by Crippen LogP contribution is -2.33. The van der Waals surface area contributed by atoms with E-state index in [9.17, 15) is 4.79 Å². The molecule has 27 heavy (non-hydrogen) atoms. The second-order valence-electron chi connectivity index (χ2n) is 7.97. The minimum absolute atomic E-state index is 0.00193. The topological polar surface area (TPSA) is 32.3 Å². The Labute approximate surface area is 163 Å². The van der Waals surface area contributed by atoms with E-state index in [4.69, 9.17) is 0 Å². The molecule has 0 aliphatic carbocycles. The van der Waals surface area contributed by atoms with Crippen LogP contribution >= 0.6 is 0 Å². The van der Waals surface area contributed by atoms with Crippen LogP contribution in [0, 0.1) is 5.92 Å². The summed E-state index contributed by atoms with van der Waals surface area (Å²) in [4.78, 5) is 15.1. The number of likely N-dealkylation sites (tertiary alicyclic amines) is 1. The molecule has 0 aromatic heterocycles. The summed E-state index contributed by atoms with van der Waals surface area (Å²) in [5.74, 6) is 0.775. The zero-order chi connectivity index (χ0) is 19.2. The number of benzene rings is 2. The average molecular weight is 365 g/mol. The highest BCUT2D eigenvalue weighted by Gasteiger charge is 2.16. The van der Waals surface area contributed by atoms with E-state index in [1.165, 1.54) is 37.1 Å². The molecule has 0 radical (unpaired) electrons. The van der Waals surface area contributed by atoms with Gasteiger partial charge in [0.2, 0.25) is 0 Å². The van der Waals surface area contributed by atoms with Gasteiger partial charge in [0.1, 0.15) is 0 Å². The number of aryl methyl sites for hydroxylation is 1. The number of nitrogens with zero attached hydrogens (tertiary/aromatic N) is 1. The first-order valence-corrected chi connectivity index (χ1v) is 10.3.